The molecule has 0 unspecified atom stereocenters. The molecule has 2 heterocycles. The lowest BCUT2D eigenvalue weighted by molar-refractivity contribution is 0.0827. The lowest BCUT2D eigenvalue weighted by Gasteiger charge is -2.13. The van der Waals surface area contributed by atoms with Gasteiger partial charge in [0.05, 0.1) is 19.9 Å². The molecule has 1 amide bonds. The van der Waals surface area contributed by atoms with Crippen molar-refractivity contribution in [3.63, 3.8) is 0 Å². The molecule has 0 fully saturated rings. The van der Waals surface area contributed by atoms with E-state index in [-0.39, 0.29) is 5.91 Å². The minimum absolute atomic E-state index is 0.0500. The van der Waals surface area contributed by atoms with Crippen molar-refractivity contribution in [1.29, 1.82) is 0 Å². The molecule has 0 aliphatic rings. The third-order valence-corrected chi connectivity index (χ3v) is 5.22. The Kier molecular flexibility index (Phi) is 6.76. The van der Waals surface area contributed by atoms with Crippen LogP contribution < -0.4 is 20.1 Å². The van der Waals surface area contributed by atoms with Crippen LogP contribution in [0.3, 0.4) is 0 Å². The van der Waals surface area contributed by atoms with Crippen molar-refractivity contribution in [1.82, 2.24) is 30.0 Å². The molecule has 4 aromatic rings. The largest absolute Gasteiger partial charge is 0.493 e. The summed E-state index contributed by atoms with van der Waals surface area (Å²) in [6.45, 7) is 1.94. The smallest absolute Gasteiger partial charge is 0.253 e. The number of aryl methyl sites for hydroxylation is 1. The fraction of sp³-hybridized carbons (Fsp3) is 0.208. The van der Waals surface area contributed by atoms with Crippen molar-refractivity contribution in [3.8, 4) is 22.8 Å². The second-order valence-electron chi connectivity index (χ2n) is 7.85. The highest BCUT2D eigenvalue weighted by atomic mass is 16.5. The number of carbonyl (C=O) groups is 1. The molecule has 0 saturated carbocycles. The highest BCUT2D eigenvalue weighted by molar-refractivity contribution is 5.94. The highest BCUT2D eigenvalue weighted by Gasteiger charge is 2.12. The van der Waals surface area contributed by atoms with Gasteiger partial charge in [0.2, 0.25) is 11.9 Å². The van der Waals surface area contributed by atoms with Gasteiger partial charge in [-0.1, -0.05) is 12.1 Å². The van der Waals surface area contributed by atoms with Crippen LogP contribution in [0.2, 0.25) is 0 Å². The molecule has 2 aromatic carbocycles. The number of nitrogens with one attached hydrogen (secondary N) is 3. The van der Waals surface area contributed by atoms with Crippen molar-refractivity contribution < 1.29 is 14.3 Å². The predicted octanol–water partition coefficient (Wildman–Crippen LogP) is 3.78. The van der Waals surface area contributed by atoms with Crippen LogP contribution in [0.4, 0.5) is 23.4 Å². The second kappa shape index (κ2) is 10.1. The Balaban J connectivity index is 1.48. The van der Waals surface area contributed by atoms with Crippen LogP contribution in [-0.2, 0) is 0 Å². The van der Waals surface area contributed by atoms with E-state index in [9.17, 15) is 4.79 Å². The van der Waals surface area contributed by atoms with Crippen molar-refractivity contribution in [2.45, 2.75) is 6.92 Å². The second-order valence-corrected chi connectivity index (χ2v) is 7.85. The monoisotopic (exact) mass is 474 g/mol. The molecule has 0 aliphatic heterocycles. The molecule has 180 valence electrons. The van der Waals surface area contributed by atoms with E-state index in [1.54, 1.807) is 40.4 Å². The van der Waals surface area contributed by atoms with Crippen LogP contribution in [0.25, 0.3) is 11.3 Å². The number of carbonyl (C=O) groups excluding carboxylic acids is 1. The highest BCUT2D eigenvalue weighted by Crippen LogP contribution is 2.33. The van der Waals surface area contributed by atoms with E-state index in [0.717, 1.165) is 22.5 Å². The Bertz CT molecular complexity index is 1340. The molecule has 0 atom stereocenters. The first kappa shape index (κ1) is 23.5. The van der Waals surface area contributed by atoms with E-state index in [0.29, 0.717) is 34.8 Å². The molecule has 0 aliphatic carbocycles. The molecule has 0 saturated heterocycles. The molecule has 4 rings (SSSR count). The summed E-state index contributed by atoms with van der Waals surface area (Å²) in [4.78, 5) is 26.4. The van der Waals surface area contributed by atoms with Crippen LogP contribution >= 0.6 is 0 Å². The maximum Gasteiger partial charge on any atom is 0.253 e. The third kappa shape index (κ3) is 5.29. The van der Waals surface area contributed by atoms with Crippen molar-refractivity contribution in [2.24, 2.45) is 0 Å². The summed E-state index contributed by atoms with van der Waals surface area (Å²) in [6.07, 6.45) is 1.40. The Morgan fingerprint density at radius 3 is 2.26 bits per heavy atom. The van der Waals surface area contributed by atoms with Gasteiger partial charge in [0, 0.05) is 37.5 Å². The van der Waals surface area contributed by atoms with Gasteiger partial charge in [-0.05, 0) is 36.2 Å². The summed E-state index contributed by atoms with van der Waals surface area (Å²) in [5, 5.41) is 13.5. The van der Waals surface area contributed by atoms with Crippen LogP contribution in [0.15, 0.2) is 48.8 Å². The first-order chi connectivity index (χ1) is 16.9. The maximum atomic E-state index is 12.1. The molecule has 35 heavy (non-hydrogen) atoms. The number of rotatable bonds is 8. The number of aromatic nitrogens is 5. The standard InChI is InChI=1S/C24H26N8O3/c1-14-10-19(34-4)20(35-5)11-17(14)27-23-25-13-26-24(29-23)28-21-12-18(30-31-21)15-6-8-16(9-7-15)22(33)32(2)3/h6-13H,1-5H3,(H3,25,26,27,28,29,30,31). The summed E-state index contributed by atoms with van der Waals surface area (Å²) >= 11 is 0. The predicted molar refractivity (Wildman–Crippen MR) is 133 cm³/mol. The van der Waals surface area contributed by atoms with Gasteiger partial charge in [-0.15, -0.1) is 0 Å². The summed E-state index contributed by atoms with van der Waals surface area (Å²) in [6, 6.07) is 12.8. The fourth-order valence-corrected chi connectivity index (χ4v) is 3.35. The Morgan fingerprint density at radius 1 is 0.943 bits per heavy atom. The lowest BCUT2D eigenvalue weighted by atomic mass is 10.1. The van der Waals surface area contributed by atoms with Gasteiger partial charge < -0.3 is 25.0 Å². The van der Waals surface area contributed by atoms with Crippen LogP contribution in [0.1, 0.15) is 15.9 Å². The number of H-pyrrole nitrogens is 1. The van der Waals surface area contributed by atoms with E-state index >= 15 is 0 Å². The number of nitrogens with zero attached hydrogens (tertiary/aromatic N) is 5. The van der Waals surface area contributed by atoms with Crippen LogP contribution in [0, 0.1) is 6.92 Å². The number of methoxy groups -OCH3 is 2. The molecular formula is C24H26N8O3. The molecular weight excluding hydrogens is 448 g/mol. The normalized spacial score (nSPS) is 10.5. The fourth-order valence-electron chi connectivity index (χ4n) is 3.35. The van der Waals surface area contributed by atoms with Gasteiger partial charge in [0.25, 0.3) is 5.91 Å². The van der Waals surface area contributed by atoms with Gasteiger partial charge in [-0.2, -0.15) is 10.1 Å². The number of amides is 1. The zero-order valence-corrected chi connectivity index (χ0v) is 20.1. The number of aromatic amines is 1. The van der Waals surface area contributed by atoms with Gasteiger partial charge in [-0.3, -0.25) is 9.89 Å². The van der Waals surface area contributed by atoms with E-state index in [4.69, 9.17) is 9.47 Å². The minimum Gasteiger partial charge on any atom is -0.493 e. The molecule has 11 nitrogen and oxygen atoms in total. The summed E-state index contributed by atoms with van der Waals surface area (Å²) in [7, 11) is 6.62. The lowest BCUT2D eigenvalue weighted by Crippen LogP contribution is -2.21. The first-order valence-corrected chi connectivity index (χ1v) is 10.7. The molecule has 0 spiro atoms. The number of hydrogen-bond donors (Lipinski definition) is 3. The summed E-state index contributed by atoms with van der Waals surface area (Å²) < 4.78 is 10.7. The molecule has 2 aromatic heterocycles. The minimum atomic E-state index is -0.0500. The Labute approximate surface area is 202 Å². The first-order valence-electron chi connectivity index (χ1n) is 10.7. The molecule has 3 N–H and O–H groups in total. The topological polar surface area (TPSA) is 130 Å². The third-order valence-electron chi connectivity index (χ3n) is 5.22. The zero-order valence-electron chi connectivity index (χ0n) is 20.1. The average molecular weight is 475 g/mol. The number of anilines is 4. The van der Waals surface area contributed by atoms with Crippen molar-refractivity contribution >= 4 is 29.3 Å². The van der Waals surface area contributed by atoms with Gasteiger partial charge >= 0.3 is 0 Å². The van der Waals surface area contributed by atoms with Gasteiger partial charge in [0.15, 0.2) is 17.3 Å². The quantitative estimate of drug-likeness (QED) is 0.349. The summed E-state index contributed by atoms with van der Waals surface area (Å²) in [5.41, 5.74) is 4.00. The van der Waals surface area contributed by atoms with E-state index in [2.05, 4.69) is 35.8 Å². The van der Waals surface area contributed by atoms with E-state index in [1.807, 2.05) is 37.3 Å². The Hall–Kier alpha value is -4.67. The van der Waals surface area contributed by atoms with Crippen LogP contribution in [0.5, 0.6) is 11.5 Å². The average Bonchev–Trinajstić information content (AvgIpc) is 3.33. The number of ether oxygens (including phenoxy) is 2. The van der Waals surface area contributed by atoms with E-state index in [1.165, 1.54) is 11.2 Å². The maximum absolute atomic E-state index is 12.1. The molecule has 0 radical (unpaired) electrons. The Morgan fingerprint density at radius 2 is 1.60 bits per heavy atom. The zero-order chi connectivity index (χ0) is 24.9. The van der Waals surface area contributed by atoms with Crippen LogP contribution in [-0.4, -0.2) is 64.3 Å². The molecule has 0 bridgehead atoms. The van der Waals surface area contributed by atoms with Crippen molar-refractivity contribution in [3.05, 3.63) is 59.9 Å². The van der Waals surface area contributed by atoms with Gasteiger partial charge in [0.1, 0.15) is 6.33 Å². The summed E-state index contributed by atoms with van der Waals surface area (Å²) in [5.74, 6) is 2.40. The van der Waals surface area contributed by atoms with Crippen molar-refractivity contribution in [2.75, 3.05) is 38.9 Å². The molecule has 11 heteroatoms. The van der Waals surface area contributed by atoms with Gasteiger partial charge in [-0.25, -0.2) is 9.97 Å². The van der Waals surface area contributed by atoms with E-state index < -0.39 is 0 Å². The number of benzene rings is 2. The number of hydrogen-bond acceptors (Lipinski definition) is 9. The SMILES string of the molecule is COc1cc(C)c(Nc2ncnc(Nc3cc(-c4ccc(C(=O)N(C)C)cc4)[nH]n3)n2)cc1OC.